The van der Waals surface area contributed by atoms with E-state index in [-0.39, 0.29) is 5.60 Å². The standard InChI is InChI=1S/C10H19NO2/c1-12-10(4-2-3-5-10)8-13-9-6-11-7-9/h9,11H,2-8H2,1H3. The fourth-order valence-electron chi connectivity index (χ4n) is 2.08. The van der Waals surface area contributed by atoms with Crippen LogP contribution in [0.3, 0.4) is 0 Å². The summed E-state index contributed by atoms with van der Waals surface area (Å²) < 4.78 is 11.3. The first-order valence-electron chi connectivity index (χ1n) is 5.22. The molecule has 2 aliphatic rings. The van der Waals surface area contributed by atoms with Gasteiger partial charge in [-0.3, -0.25) is 0 Å². The Morgan fingerprint density at radius 3 is 2.46 bits per heavy atom. The molecule has 1 aliphatic carbocycles. The normalized spacial score (nSPS) is 27.5. The molecule has 1 saturated carbocycles. The zero-order valence-electron chi connectivity index (χ0n) is 8.34. The lowest BCUT2D eigenvalue weighted by atomic mass is 10.0. The Hall–Kier alpha value is -0.120. The van der Waals surface area contributed by atoms with Crippen LogP contribution >= 0.6 is 0 Å². The van der Waals surface area contributed by atoms with Gasteiger partial charge in [0.1, 0.15) is 0 Å². The molecule has 0 unspecified atom stereocenters. The summed E-state index contributed by atoms with van der Waals surface area (Å²) in [5.74, 6) is 0. The summed E-state index contributed by atoms with van der Waals surface area (Å²) >= 11 is 0. The molecule has 1 heterocycles. The van der Waals surface area contributed by atoms with E-state index in [4.69, 9.17) is 9.47 Å². The summed E-state index contributed by atoms with van der Waals surface area (Å²) in [5.41, 5.74) is 0.0512. The largest absolute Gasteiger partial charge is 0.376 e. The van der Waals surface area contributed by atoms with Gasteiger partial charge in [0.05, 0.1) is 18.3 Å². The van der Waals surface area contributed by atoms with Crippen LogP contribution < -0.4 is 5.32 Å². The molecule has 0 spiro atoms. The molecule has 0 aromatic carbocycles. The van der Waals surface area contributed by atoms with Gasteiger partial charge in [-0.1, -0.05) is 12.8 Å². The predicted molar refractivity (Wildman–Crippen MR) is 50.8 cm³/mol. The number of nitrogens with one attached hydrogen (secondary N) is 1. The van der Waals surface area contributed by atoms with Crippen molar-refractivity contribution in [1.29, 1.82) is 0 Å². The minimum Gasteiger partial charge on any atom is -0.376 e. The Morgan fingerprint density at radius 2 is 2.00 bits per heavy atom. The average Bonchev–Trinajstić information content (AvgIpc) is 2.51. The van der Waals surface area contributed by atoms with Gasteiger partial charge in [0, 0.05) is 20.2 Å². The summed E-state index contributed by atoms with van der Waals surface area (Å²) in [6.45, 7) is 2.81. The predicted octanol–water partition coefficient (Wildman–Crippen LogP) is 0.934. The van der Waals surface area contributed by atoms with Crippen LogP contribution in [0.1, 0.15) is 25.7 Å². The maximum absolute atomic E-state index is 5.77. The van der Waals surface area contributed by atoms with Crippen molar-refractivity contribution in [2.45, 2.75) is 37.4 Å². The van der Waals surface area contributed by atoms with Crippen LogP contribution in [0.15, 0.2) is 0 Å². The second-order valence-electron chi connectivity index (χ2n) is 4.19. The third kappa shape index (κ3) is 2.03. The van der Waals surface area contributed by atoms with Crippen molar-refractivity contribution in [1.82, 2.24) is 5.32 Å². The Labute approximate surface area is 79.8 Å². The smallest absolute Gasteiger partial charge is 0.0911 e. The molecule has 0 aromatic heterocycles. The van der Waals surface area contributed by atoms with E-state index in [1.165, 1.54) is 25.7 Å². The van der Waals surface area contributed by atoms with E-state index in [1.807, 2.05) is 7.11 Å². The van der Waals surface area contributed by atoms with Gasteiger partial charge in [0.15, 0.2) is 0 Å². The van der Waals surface area contributed by atoms with Gasteiger partial charge in [-0.05, 0) is 12.8 Å². The lowest BCUT2D eigenvalue weighted by Crippen LogP contribution is -2.50. The first-order chi connectivity index (χ1) is 6.35. The topological polar surface area (TPSA) is 30.5 Å². The summed E-state index contributed by atoms with van der Waals surface area (Å²) in [4.78, 5) is 0. The molecular weight excluding hydrogens is 166 g/mol. The van der Waals surface area contributed by atoms with Gasteiger partial charge >= 0.3 is 0 Å². The summed E-state index contributed by atoms with van der Waals surface area (Å²) in [7, 11) is 1.81. The van der Waals surface area contributed by atoms with E-state index >= 15 is 0 Å². The van der Waals surface area contributed by atoms with Crippen LogP contribution in [-0.2, 0) is 9.47 Å². The van der Waals surface area contributed by atoms with Crippen LogP contribution in [0.5, 0.6) is 0 Å². The lowest BCUT2D eigenvalue weighted by molar-refractivity contribution is -0.101. The zero-order valence-corrected chi connectivity index (χ0v) is 8.34. The molecular formula is C10H19NO2. The molecule has 76 valence electrons. The molecule has 0 radical (unpaired) electrons. The van der Waals surface area contributed by atoms with E-state index in [0.29, 0.717) is 6.10 Å². The quantitative estimate of drug-likeness (QED) is 0.707. The second-order valence-corrected chi connectivity index (χ2v) is 4.19. The summed E-state index contributed by atoms with van der Waals surface area (Å²) in [6, 6.07) is 0. The third-order valence-corrected chi connectivity index (χ3v) is 3.27. The van der Waals surface area contributed by atoms with Crippen LogP contribution in [0.2, 0.25) is 0 Å². The molecule has 0 amide bonds. The molecule has 1 saturated heterocycles. The highest BCUT2D eigenvalue weighted by Crippen LogP contribution is 2.33. The SMILES string of the molecule is COC1(COC2CNC2)CCCC1. The number of rotatable bonds is 4. The molecule has 0 aromatic rings. The van der Waals surface area contributed by atoms with Crippen molar-refractivity contribution >= 4 is 0 Å². The monoisotopic (exact) mass is 185 g/mol. The fraction of sp³-hybridized carbons (Fsp3) is 1.00. The first kappa shape index (κ1) is 9.44. The van der Waals surface area contributed by atoms with Gasteiger partial charge in [0.2, 0.25) is 0 Å². The zero-order chi connectivity index (χ0) is 9.15. The minimum absolute atomic E-state index is 0.0512. The maximum Gasteiger partial charge on any atom is 0.0911 e. The van der Waals surface area contributed by atoms with Crippen LogP contribution in [0.4, 0.5) is 0 Å². The minimum atomic E-state index is 0.0512. The van der Waals surface area contributed by atoms with Crippen molar-refractivity contribution in [3.63, 3.8) is 0 Å². The van der Waals surface area contributed by atoms with Crippen molar-refractivity contribution in [2.75, 3.05) is 26.8 Å². The molecule has 3 heteroatoms. The Kier molecular flexibility index (Phi) is 2.86. The van der Waals surface area contributed by atoms with Crippen molar-refractivity contribution in [2.24, 2.45) is 0 Å². The average molecular weight is 185 g/mol. The van der Waals surface area contributed by atoms with Crippen LogP contribution in [0, 0.1) is 0 Å². The Balaban J connectivity index is 1.75. The van der Waals surface area contributed by atoms with Gasteiger partial charge in [-0.25, -0.2) is 0 Å². The summed E-state index contributed by atoms with van der Waals surface area (Å²) in [5, 5.41) is 3.20. The Bertz CT molecular complexity index is 162. The molecule has 3 nitrogen and oxygen atoms in total. The van der Waals surface area contributed by atoms with Gasteiger partial charge < -0.3 is 14.8 Å². The van der Waals surface area contributed by atoms with Gasteiger partial charge in [0.25, 0.3) is 0 Å². The van der Waals surface area contributed by atoms with E-state index < -0.39 is 0 Å². The lowest BCUT2D eigenvalue weighted by Gasteiger charge is -2.33. The number of methoxy groups -OCH3 is 1. The van der Waals surface area contributed by atoms with E-state index in [0.717, 1.165) is 19.7 Å². The van der Waals surface area contributed by atoms with Gasteiger partial charge in [-0.2, -0.15) is 0 Å². The van der Waals surface area contributed by atoms with Crippen molar-refractivity contribution in [3.8, 4) is 0 Å². The van der Waals surface area contributed by atoms with Crippen molar-refractivity contribution in [3.05, 3.63) is 0 Å². The number of hydrogen-bond donors (Lipinski definition) is 1. The van der Waals surface area contributed by atoms with E-state index in [1.54, 1.807) is 0 Å². The molecule has 0 atom stereocenters. The number of ether oxygens (including phenoxy) is 2. The highest BCUT2D eigenvalue weighted by atomic mass is 16.5. The molecule has 2 fully saturated rings. The maximum atomic E-state index is 5.77. The third-order valence-electron chi connectivity index (χ3n) is 3.27. The molecule has 1 N–H and O–H groups in total. The number of hydrogen-bond acceptors (Lipinski definition) is 3. The Morgan fingerprint density at radius 1 is 1.31 bits per heavy atom. The molecule has 2 rings (SSSR count). The van der Waals surface area contributed by atoms with E-state index in [9.17, 15) is 0 Å². The highest BCUT2D eigenvalue weighted by molar-refractivity contribution is 4.87. The molecule has 0 bridgehead atoms. The van der Waals surface area contributed by atoms with E-state index in [2.05, 4.69) is 5.32 Å². The molecule has 1 aliphatic heterocycles. The van der Waals surface area contributed by atoms with Crippen LogP contribution in [-0.4, -0.2) is 38.5 Å². The first-order valence-corrected chi connectivity index (χ1v) is 5.22. The van der Waals surface area contributed by atoms with Crippen molar-refractivity contribution < 1.29 is 9.47 Å². The summed E-state index contributed by atoms with van der Waals surface area (Å²) in [6.07, 6.45) is 5.36. The second kappa shape index (κ2) is 3.95. The molecule has 13 heavy (non-hydrogen) atoms. The highest BCUT2D eigenvalue weighted by Gasteiger charge is 2.35. The fourth-order valence-corrected chi connectivity index (χ4v) is 2.08. The van der Waals surface area contributed by atoms with Crippen LogP contribution in [0.25, 0.3) is 0 Å². The van der Waals surface area contributed by atoms with Gasteiger partial charge in [-0.15, -0.1) is 0 Å².